The molecule has 5 unspecified atom stereocenters. The van der Waals surface area contributed by atoms with Crippen molar-refractivity contribution in [3.8, 4) is 0 Å². The van der Waals surface area contributed by atoms with Crippen molar-refractivity contribution in [3.05, 3.63) is 35.9 Å². The van der Waals surface area contributed by atoms with Crippen molar-refractivity contribution in [2.24, 2.45) is 4.99 Å². The molecule has 7 nitrogen and oxygen atoms in total. The number of thioether (sulfide) groups is 1. The largest absolute Gasteiger partial charge is 0.394 e. The molecular formula is C16H22N2O5S. The molecule has 4 N–H and O–H groups in total. The SMILES string of the molecule is OCC1OC2SC(=NCCOCc3ccccc3)NC2C(O)C1O. The Balaban J connectivity index is 1.44. The number of hydrogen-bond donors (Lipinski definition) is 4. The van der Waals surface area contributed by atoms with Crippen molar-refractivity contribution in [1.29, 1.82) is 0 Å². The van der Waals surface area contributed by atoms with Crippen LogP contribution < -0.4 is 5.32 Å². The van der Waals surface area contributed by atoms with E-state index in [9.17, 15) is 15.3 Å². The molecule has 0 bridgehead atoms. The molecule has 0 aliphatic carbocycles. The summed E-state index contributed by atoms with van der Waals surface area (Å²) in [6.07, 6.45) is -2.89. The lowest BCUT2D eigenvalue weighted by molar-refractivity contribution is -0.167. The van der Waals surface area contributed by atoms with E-state index in [-0.39, 0.29) is 12.0 Å². The Labute approximate surface area is 144 Å². The molecule has 5 atom stereocenters. The lowest BCUT2D eigenvalue weighted by Crippen LogP contribution is -2.59. The van der Waals surface area contributed by atoms with Gasteiger partial charge in [0, 0.05) is 0 Å². The Morgan fingerprint density at radius 1 is 1.21 bits per heavy atom. The smallest absolute Gasteiger partial charge is 0.159 e. The molecule has 2 aliphatic rings. The molecule has 2 fully saturated rings. The first kappa shape index (κ1) is 17.7. The van der Waals surface area contributed by atoms with Crippen molar-refractivity contribution in [2.45, 2.75) is 36.4 Å². The zero-order valence-electron chi connectivity index (χ0n) is 13.1. The zero-order chi connectivity index (χ0) is 16.9. The molecule has 2 heterocycles. The maximum atomic E-state index is 10.1. The summed E-state index contributed by atoms with van der Waals surface area (Å²) in [6.45, 7) is 1.19. The molecule has 0 amide bonds. The predicted octanol–water partition coefficient (Wildman–Crippen LogP) is -0.297. The van der Waals surface area contributed by atoms with Crippen molar-refractivity contribution >= 4 is 16.9 Å². The van der Waals surface area contributed by atoms with Crippen LogP contribution in [0.4, 0.5) is 0 Å². The first-order valence-corrected chi connectivity index (χ1v) is 8.79. The summed E-state index contributed by atoms with van der Waals surface area (Å²) in [5.41, 5.74) is 0.745. The number of benzene rings is 1. The standard InChI is InChI=1S/C16H22N2O5S/c19-8-11-13(20)14(21)12-15(23-11)24-16(18-12)17-6-7-22-9-10-4-2-1-3-5-10/h1-5,11-15,19-21H,6-9H2,(H,17,18). The lowest BCUT2D eigenvalue weighted by Gasteiger charge is -2.38. The highest BCUT2D eigenvalue weighted by atomic mass is 32.2. The second-order valence-corrected chi connectivity index (χ2v) is 6.81. The van der Waals surface area contributed by atoms with Crippen LogP contribution in [0.5, 0.6) is 0 Å². The van der Waals surface area contributed by atoms with Gasteiger partial charge in [-0.1, -0.05) is 42.1 Å². The van der Waals surface area contributed by atoms with Gasteiger partial charge in [-0.15, -0.1) is 0 Å². The number of nitrogens with zero attached hydrogens (tertiary/aromatic N) is 1. The van der Waals surface area contributed by atoms with E-state index in [1.807, 2.05) is 30.3 Å². The summed E-state index contributed by atoms with van der Waals surface area (Å²) < 4.78 is 11.2. The molecule has 2 aliphatic heterocycles. The predicted molar refractivity (Wildman–Crippen MR) is 90.7 cm³/mol. The van der Waals surface area contributed by atoms with Gasteiger partial charge in [0.25, 0.3) is 0 Å². The van der Waals surface area contributed by atoms with E-state index in [0.29, 0.717) is 24.9 Å². The normalized spacial score (nSPS) is 34.1. The summed E-state index contributed by atoms with van der Waals surface area (Å²) in [7, 11) is 0. The van der Waals surface area contributed by atoms with E-state index in [4.69, 9.17) is 9.47 Å². The van der Waals surface area contributed by atoms with Gasteiger partial charge in [-0.05, 0) is 5.56 Å². The van der Waals surface area contributed by atoms with Gasteiger partial charge in [0.05, 0.1) is 32.4 Å². The maximum absolute atomic E-state index is 10.1. The number of rotatable bonds is 6. The molecule has 2 saturated heterocycles. The fraction of sp³-hybridized carbons (Fsp3) is 0.562. The Morgan fingerprint density at radius 2 is 2.00 bits per heavy atom. The topological polar surface area (TPSA) is 104 Å². The van der Waals surface area contributed by atoms with Crippen molar-refractivity contribution in [2.75, 3.05) is 19.8 Å². The molecule has 0 spiro atoms. The average Bonchev–Trinajstić information content (AvgIpc) is 3.02. The van der Waals surface area contributed by atoms with Crippen LogP contribution in [0.2, 0.25) is 0 Å². The third kappa shape index (κ3) is 4.08. The van der Waals surface area contributed by atoms with E-state index in [1.54, 1.807) is 0 Å². The third-order valence-corrected chi connectivity index (χ3v) is 5.11. The summed E-state index contributed by atoms with van der Waals surface area (Å²) >= 11 is 1.35. The fourth-order valence-corrected chi connectivity index (χ4v) is 3.85. The van der Waals surface area contributed by atoms with E-state index < -0.39 is 24.4 Å². The van der Waals surface area contributed by atoms with Crippen LogP contribution in [-0.4, -0.2) is 70.0 Å². The monoisotopic (exact) mass is 354 g/mol. The number of aliphatic hydroxyl groups is 3. The van der Waals surface area contributed by atoms with Gasteiger partial charge in [-0.2, -0.15) is 0 Å². The van der Waals surface area contributed by atoms with Gasteiger partial charge in [0.2, 0.25) is 0 Å². The Bertz CT molecular complexity index is 559. The minimum Gasteiger partial charge on any atom is -0.394 e. The van der Waals surface area contributed by atoms with Gasteiger partial charge in [-0.25, -0.2) is 0 Å². The Morgan fingerprint density at radius 3 is 2.75 bits per heavy atom. The van der Waals surface area contributed by atoms with Crippen LogP contribution in [0.25, 0.3) is 0 Å². The minimum absolute atomic E-state index is 0.332. The number of aliphatic imine (C=N–C) groups is 1. The minimum atomic E-state index is -1.11. The van der Waals surface area contributed by atoms with E-state index in [0.717, 1.165) is 5.56 Å². The third-order valence-electron chi connectivity index (χ3n) is 4.00. The van der Waals surface area contributed by atoms with E-state index in [1.165, 1.54) is 11.8 Å². The number of nitrogens with one attached hydrogen (secondary N) is 1. The van der Waals surface area contributed by atoms with Gasteiger partial charge in [0.15, 0.2) is 5.17 Å². The van der Waals surface area contributed by atoms with Crippen LogP contribution in [0.3, 0.4) is 0 Å². The highest BCUT2D eigenvalue weighted by molar-refractivity contribution is 8.14. The summed E-state index contributed by atoms with van der Waals surface area (Å²) in [6, 6.07) is 9.49. The summed E-state index contributed by atoms with van der Waals surface area (Å²) in [5.74, 6) is 0. The van der Waals surface area contributed by atoms with E-state index >= 15 is 0 Å². The number of ether oxygens (including phenoxy) is 2. The first-order valence-electron chi connectivity index (χ1n) is 7.91. The molecular weight excluding hydrogens is 332 g/mol. The molecule has 0 aromatic heterocycles. The number of hydrogen-bond acceptors (Lipinski definition) is 7. The molecule has 8 heteroatoms. The quantitative estimate of drug-likeness (QED) is 0.520. The molecule has 0 radical (unpaired) electrons. The second kappa shape index (κ2) is 8.28. The van der Waals surface area contributed by atoms with Gasteiger partial charge in [0.1, 0.15) is 23.7 Å². The van der Waals surface area contributed by atoms with Gasteiger partial charge < -0.3 is 30.1 Å². The maximum Gasteiger partial charge on any atom is 0.159 e. The Kier molecular flexibility index (Phi) is 6.09. The van der Waals surface area contributed by atoms with E-state index in [2.05, 4.69) is 10.3 Å². The molecule has 1 aromatic rings. The highest BCUT2D eigenvalue weighted by Gasteiger charge is 2.48. The molecule has 0 saturated carbocycles. The highest BCUT2D eigenvalue weighted by Crippen LogP contribution is 2.33. The Hall–Kier alpha value is -1.16. The average molecular weight is 354 g/mol. The summed E-state index contributed by atoms with van der Waals surface area (Å²) in [4.78, 5) is 4.40. The fourth-order valence-electron chi connectivity index (χ4n) is 2.68. The first-order chi connectivity index (χ1) is 11.7. The van der Waals surface area contributed by atoms with Gasteiger partial charge >= 0.3 is 0 Å². The van der Waals surface area contributed by atoms with Crippen LogP contribution >= 0.6 is 11.8 Å². The van der Waals surface area contributed by atoms with Crippen LogP contribution in [-0.2, 0) is 16.1 Å². The van der Waals surface area contributed by atoms with Crippen molar-refractivity contribution in [3.63, 3.8) is 0 Å². The molecule has 24 heavy (non-hydrogen) atoms. The van der Waals surface area contributed by atoms with Crippen LogP contribution in [0.15, 0.2) is 35.3 Å². The number of amidine groups is 1. The molecule has 132 valence electrons. The lowest BCUT2D eigenvalue weighted by atomic mass is 9.98. The number of aliphatic hydroxyl groups excluding tert-OH is 3. The van der Waals surface area contributed by atoms with Crippen molar-refractivity contribution in [1.82, 2.24) is 5.32 Å². The summed E-state index contributed by atoms with van der Waals surface area (Å²) in [5, 5.41) is 32.9. The van der Waals surface area contributed by atoms with Crippen LogP contribution in [0.1, 0.15) is 5.56 Å². The second-order valence-electron chi connectivity index (χ2n) is 5.72. The van der Waals surface area contributed by atoms with Crippen molar-refractivity contribution < 1.29 is 24.8 Å². The zero-order valence-corrected chi connectivity index (χ0v) is 13.9. The molecule has 3 rings (SSSR count). The molecule has 1 aromatic carbocycles. The number of fused-ring (bicyclic) bond motifs is 1. The van der Waals surface area contributed by atoms with Gasteiger partial charge in [-0.3, -0.25) is 4.99 Å². The van der Waals surface area contributed by atoms with Crippen LogP contribution in [0, 0.1) is 0 Å².